The summed E-state index contributed by atoms with van der Waals surface area (Å²) in [6.45, 7) is 4.50. The Morgan fingerprint density at radius 1 is 1.26 bits per heavy atom. The lowest BCUT2D eigenvalue weighted by molar-refractivity contribution is 0.0927. The summed E-state index contributed by atoms with van der Waals surface area (Å²) >= 11 is 0. The lowest BCUT2D eigenvalue weighted by Crippen LogP contribution is -2.37. The van der Waals surface area contributed by atoms with Gasteiger partial charge in [0, 0.05) is 28.7 Å². The van der Waals surface area contributed by atoms with Crippen LogP contribution in [-0.2, 0) is 0 Å². The van der Waals surface area contributed by atoms with Gasteiger partial charge in [0.25, 0.3) is 5.91 Å². The number of H-pyrrole nitrogens is 1. The topological polar surface area (TPSA) is 44.9 Å². The minimum absolute atomic E-state index is 0.0500. The van der Waals surface area contributed by atoms with Crippen LogP contribution in [0, 0.1) is 11.8 Å². The van der Waals surface area contributed by atoms with Crippen molar-refractivity contribution in [2.45, 2.75) is 32.7 Å². The second-order valence-electron chi connectivity index (χ2n) is 5.77. The molecule has 0 aliphatic heterocycles. The number of aromatic amines is 1. The van der Waals surface area contributed by atoms with E-state index in [0.717, 1.165) is 22.9 Å². The third-order valence-electron chi connectivity index (χ3n) is 4.60. The fourth-order valence-corrected chi connectivity index (χ4v) is 3.01. The van der Waals surface area contributed by atoms with Gasteiger partial charge < -0.3 is 10.3 Å². The molecule has 1 aromatic heterocycles. The van der Waals surface area contributed by atoms with Gasteiger partial charge in [-0.25, -0.2) is 0 Å². The van der Waals surface area contributed by atoms with Gasteiger partial charge in [-0.3, -0.25) is 4.79 Å². The first-order chi connectivity index (χ1) is 9.15. The molecule has 2 aromatic rings. The highest BCUT2D eigenvalue weighted by Gasteiger charge is 2.30. The average molecular weight is 256 g/mol. The van der Waals surface area contributed by atoms with Crippen LogP contribution in [0.5, 0.6) is 0 Å². The van der Waals surface area contributed by atoms with Gasteiger partial charge in [0.2, 0.25) is 0 Å². The monoisotopic (exact) mass is 256 g/mol. The van der Waals surface area contributed by atoms with Crippen LogP contribution < -0.4 is 5.32 Å². The van der Waals surface area contributed by atoms with Gasteiger partial charge in [-0.05, 0) is 48.9 Å². The second kappa shape index (κ2) is 4.72. The van der Waals surface area contributed by atoms with Crippen molar-refractivity contribution < 1.29 is 4.79 Å². The molecule has 0 saturated heterocycles. The van der Waals surface area contributed by atoms with E-state index in [1.165, 1.54) is 6.42 Å². The van der Waals surface area contributed by atoms with Gasteiger partial charge in [0.05, 0.1) is 0 Å². The molecule has 0 bridgehead atoms. The summed E-state index contributed by atoms with van der Waals surface area (Å²) in [7, 11) is 0. The molecule has 1 amide bonds. The van der Waals surface area contributed by atoms with Gasteiger partial charge in [-0.1, -0.05) is 13.8 Å². The Balaban J connectivity index is 1.76. The van der Waals surface area contributed by atoms with Crippen molar-refractivity contribution >= 4 is 16.8 Å². The van der Waals surface area contributed by atoms with E-state index in [4.69, 9.17) is 0 Å². The lowest BCUT2D eigenvalue weighted by atomic mass is 9.97. The summed E-state index contributed by atoms with van der Waals surface area (Å²) in [5, 5.41) is 4.27. The van der Waals surface area contributed by atoms with Crippen LogP contribution in [0.25, 0.3) is 10.9 Å². The first-order valence-electron chi connectivity index (χ1n) is 7.03. The van der Waals surface area contributed by atoms with Gasteiger partial charge in [-0.15, -0.1) is 0 Å². The second-order valence-corrected chi connectivity index (χ2v) is 5.77. The van der Waals surface area contributed by atoms with E-state index < -0.39 is 0 Å². The molecule has 1 aliphatic carbocycles. The number of amides is 1. The van der Waals surface area contributed by atoms with Crippen molar-refractivity contribution in [2.24, 2.45) is 11.8 Å². The number of fused-ring (bicyclic) bond motifs is 1. The Hall–Kier alpha value is -1.77. The van der Waals surface area contributed by atoms with Crippen molar-refractivity contribution in [1.82, 2.24) is 10.3 Å². The number of carbonyl (C=O) groups is 1. The van der Waals surface area contributed by atoms with E-state index in [9.17, 15) is 4.79 Å². The number of hydrogen-bond donors (Lipinski definition) is 2. The van der Waals surface area contributed by atoms with Gasteiger partial charge in [0.15, 0.2) is 0 Å². The number of nitrogens with one attached hydrogen (secondary N) is 2. The summed E-state index contributed by atoms with van der Waals surface area (Å²) in [6.07, 6.45) is 4.20. The van der Waals surface area contributed by atoms with Crippen LogP contribution in [0.2, 0.25) is 0 Å². The minimum atomic E-state index is 0.0500. The maximum Gasteiger partial charge on any atom is 0.251 e. The van der Waals surface area contributed by atoms with Gasteiger partial charge in [-0.2, -0.15) is 0 Å². The van der Waals surface area contributed by atoms with E-state index >= 15 is 0 Å². The summed E-state index contributed by atoms with van der Waals surface area (Å²) in [6, 6.07) is 8.11. The molecule has 3 unspecified atom stereocenters. The molecule has 0 spiro atoms. The molecule has 1 heterocycles. The molecular weight excluding hydrogens is 236 g/mol. The Bertz CT molecular complexity index is 602. The molecule has 1 saturated carbocycles. The molecule has 19 heavy (non-hydrogen) atoms. The largest absolute Gasteiger partial charge is 0.361 e. The van der Waals surface area contributed by atoms with Crippen LogP contribution in [0.3, 0.4) is 0 Å². The lowest BCUT2D eigenvalue weighted by Gasteiger charge is -2.19. The van der Waals surface area contributed by atoms with E-state index in [1.54, 1.807) is 0 Å². The molecule has 1 aliphatic rings. The molecule has 1 aromatic carbocycles. The zero-order chi connectivity index (χ0) is 13.4. The normalized spacial score (nSPS) is 26.7. The van der Waals surface area contributed by atoms with E-state index in [2.05, 4.69) is 24.1 Å². The molecular formula is C16H20N2O. The van der Waals surface area contributed by atoms with Crippen LogP contribution in [0.1, 0.15) is 37.0 Å². The summed E-state index contributed by atoms with van der Waals surface area (Å²) in [5.41, 5.74) is 1.82. The van der Waals surface area contributed by atoms with Crippen molar-refractivity contribution in [3.05, 3.63) is 36.0 Å². The van der Waals surface area contributed by atoms with E-state index in [1.807, 2.05) is 30.5 Å². The number of carbonyl (C=O) groups excluding carboxylic acids is 1. The van der Waals surface area contributed by atoms with Crippen molar-refractivity contribution in [2.75, 3.05) is 0 Å². The Morgan fingerprint density at radius 2 is 2.11 bits per heavy atom. The number of aromatic nitrogens is 1. The first-order valence-corrected chi connectivity index (χ1v) is 7.03. The Morgan fingerprint density at radius 3 is 2.84 bits per heavy atom. The quantitative estimate of drug-likeness (QED) is 0.850. The first kappa shape index (κ1) is 12.3. The van der Waals surface area contributed by atoms with Crippen molar-refractivity contribution in [3.63, 3.8) is 0 Å². The van der Waals surface area contributed by atoms with Crippen LogP contribution in [0.15, 0.2) is 30.5 Å². The van der Waals surface area contributed by atoms with Crippen LogP contribution in [0.4, 0.5) is 0 Å². The molecule has 0 radical (unpaired) electrons. The molecule has 3 atom stereocenters. The molecule has 3 heteroatoms. The van der Waals surface area contributed by atoms with Crippen molar-refractivity contribution in [1.29, 1.82) is 0 Å². The standard InChI is InChI=1S/C16H20N2O/c1-10-3-5-14(11(10)2)18-16(19)13-4-6-15-12(9-13)7-8-17-15/h4,6-11,14,17H,3,5H2,1-2H3,(H,18,19). The third-order valence-corrected chi connectivity index (χ3v) is 4.60. The SMILES string of the molecule is CC1CCC(NC(=O)c2ccc3[nH]ccc3c2)C1C. The summed E-state index contributed by atoms with van der Waals surface area (Å²) in [4.78, 5) is 15.4. The summed E-state index contributed by atoms with van der Waals surface area (Å²) < 4.78 is 0. The fraction of sp³-hybridized carbons (Fsp3) is 0.438. The molecule has 2 N–H and O–H groups in total. The fourth-order valence-electron chi connectivity index (χ4n) is 3.01. The maximum atomic E-state index is 12.3. The predicted octanol–water partition coefficient (Wildman–Crippen LogP) is 3.33. The van der Waals surface area contributed by atoms with Gasteiger partial charge in [0.1, 0.15) is 0 Å². The smallest absolute Gasteiger partial charge is 0.251 e. The van der Waals surface area contributed by atoms with Crippen LogP contribution in [-0.4, -0.2) is 16.9 Å². The molecule has 3 nitrogen and oxygen atoms in total. The number of hydrogen-bond acceptors (Lipinski definition) is 1. The predicted molar refractivity (Wildman–Crippen MR) is 77.1 cm³/mol. The molecule has 3 rings (SSSR count). The zero-order valence-electron chi connectivity index (χ0n) is 11.4. The molecule has 100 valence electrons. The minimum Gasteiger partial charge on any atom is -0.361 e. The number of rotatable bonds is 2. The van der Waals surface area contributed by atoms with Gasteiger partial charge >= 0.3 is 0 Å². The summed E-state index contributed by atoms with van der Waals surface area (Å²) in [5.74, 6) is 1.33. The zero-order valence-corrected chi connectivity index (χ0v) is 11.4. The number of benzene rings is 1. The van der Waals surface area contributed by atoms with E-state index in [0.29, 0.717) is 17.9 Å². The van der Waals surface area contributed by atoms with E-state index in [-0.39, 0.29) is 5.91 Å². The highest BCUT2D eigenvalue weighted by molar-refractivity contribution is 5.98. The molecule has 1 fully saturated rings. The highest BCUT2D eigenvalue weighted by atomic mass is 16.1. The maximum absolute atomic E-state index is 12.3. The Kier molecular flexibility index (Phi) is 3.05. The van der Waals surface area contributed by atoms with Crippen molar-refractivity contribution in [3.8, 4) is 0 Å². The third kappa shape index (κ3) is 2.25. The Labute approximate surface area is 113 Å². The average Bonchev–Trinajstić information content (AvgIpc) is 2.99. The highest BCUT2D eigenvalue weighted by Crippen LogP contribution is 2.31. The van der Waals surface area contributed by atoms with Crippen LogP contribution >= 0.6 is 0 Å².